The van der Waals surface area contributed by atoms with Crippen molar-refractivity contribution in [3.63, 3.8) is 0 Å². The van der Waals surface area contributed by atoms with Gasteiger partial charge >= 0.3 is 6.18 Å². The first-order chi connectivity index (χ1) is 10.5. The molecule has 2 aromatic rings. The highest BCUT2D eigenvalue weighted by Crippen LogP contribution is 2.33. The average molecular weight is 312 g/mol. The fourth-order valence-electron chi connectivity index (χ4n) is 1.71. The Labute approximate surface area is 123 Å². The molecule has 0 radical (unpaired) electrons. The Kier molecular flexibility index (Phi) is 4.56. The molecule has 1 aromatic heterocycles. The van der Waals surface area contributed by atoms with Gasteiger partial charge in [-0.15, -0.1) is 0 Å². The van der Waals surface area contributed by atoms with Crippen molar-refractivity contribution in [1.29, 1.82) is 5.26 Å². The van der Waals surface area contributed by atoms with E-state index in [-0.39, 0.29) is 17.2 Å². The van der Waals surface area contributed by atoms with Gasteiger partial charge in [0.2, 0.25) is 5.76 Å². The van der Waals surface area contributed by atoms with E-state index in [4.69, 9.17) is 14.7 Å². The van der Waals surface area contributed by atoms with E-state index in [1.807, 2.05) is 6.07 Å². The van der Waals surface area contributed by atoms with Crippen LogP contribution in [-0.2, 0) is 12.8 Å². The fraction of sp³-hybridized carbons (Fsp3) is 0.286. The molecule has 5 nitrogen and oxygen atoms in total. The smallest absolute Gasteiger partial charge is 0.451 e. The second-order valence-corrected chi connectivity index (χ2v) is 4.12. The quantitative estimate of drug-likeness (QED) is 0.844. The summed E-state index contributed by atoms with van der Waals surface area (Å²) >= 11 is 0. The van der Waals surface area contributed by atoms with Crippen molar-refractivity contribution in [2.45, 2.75) is 19.7 Å². The zero-order valence-corrected chi connectivity index (χ0v) is 11.5. The zero-order chi connectivity index (χ0) is 16.2. The van der Waals surface area contributed by atoms with Gasteiger partial charge < -0.3 is 13.9 Å². The lowest BCUT2D eigenvalue weighted by Gasteiger charge is -2.12. The Morgan fingerprint density at radius 2 is 2.05 bits per heavy atom. The van der Waals surface area contributed by atoms with Crippen molar-refractivity contribution >= 4 is 0 Å². The first kappa shape index (κ1) is 15.7. The van der Waals surface area contributed by atoms with Gasteiger partial charge in [-0.25, -0.2) is 4.98 Å². The topological polar surface area (TPSA) is 68.3 Å². The molecular formula is C14H11F3N2O3. The molecule has 0 atom stereocenters. The minimum atomic E-state index is -4.64. The van der Waals surface area contributed by atoms with E-state index in [2.05, 4.69) is 9.40 Å². The molecule has 0 aliphatic rings. The van der Waals surface area contributed by atoms with Crippen LogP contribution in [0.4, 0.5) is 13.2 Å². The molecule has 2 rings (SSSR count). The van der Waals surface area contributed by atoms with Crippen LogP contribution in [0.5, 0.6) is 11.5 Å². The molecule has 0 saturated heterocycles. The minimum absolute atomic E-state index is 0.219. The molecule has 0 bridgehead atoms. The predicted octanol–water partition coefficient (Wildman–Crippen LogP) is 3.54. The van der Waals surface area contributed by atoms with E-state index in [0.29, 0.717) is 18.6 Å². The molecule has 116 valence electrons. The second-order valence-electron chi connectivity index (χ2n) is 4.12. The molecule has 0 spiro atoms. The van der Waals surface area contributed by atoms with E-state index in [0.717, 1.165) is 0 Å². The first-order valence-electron chi connectivity index (χ1n) is 6.25. The number of rotatable bonds is 5. The number of hydrogen-bond acceptors (Lipinski definition) is 5. The van der Waals surface area contributed by atoms with Gasteiger partial charge in [-0.2, -0.15) is 18.4 Å². The third-order valence-electron chi connectivity index (χ3n) is 2.64. The summed E-state index contributed by atoms with van der Waals surface area (Å²) in [5.74, 6) is -0.699. The Hall–Kier alpha value is -2.69. The monoisotopic (exact) mass is 312 g/mol. The Balaban J connectivity index is 2.19. The molecule has 0 saturated carbocycles. The Bertz CT molecular complexity index is 689. The molecule has 0 unspecified atom stereocenters. The number of aromatic nitrogens is 1. The van der Waals surface area contributed by atoms with Gasteiger partial charge in [0, 0.05) is 6.07 Å². The maximum atomic E-state index is 12.7. The van der Waals surface area contributed by atoms with Crippen LogP contribution in [-0.4, -0.2) is 11.6 Å². The van der Waals surface area contributed by atoms with Gasteiger partial charge in [0.25, 0.3) is 0 Å². The summed E-state index contributed by atoms with van der Waals surface area (Å²) in [6.45, 7) is 1.63. The van der Waals surface area contributed by atoms with Crippen molar-refractivity contribution in [1.82, 2.24) is 4.98 Å². The standard InChI is InChI=1S/C14H11F3N2O3/c1-2-20-12-5-9(6-18)3-4-11(12)21-7-10-13(14(15,16)17)22-8-19-10/h3-5,8H,2,7H2,1H3. The van der Waals surface area contributed by atoms with Gasteiger partial charge in [0.05, 0.1) is 18.2 Å². The van der Waals surface area contributed by atoms with Crippen LogP contribution in [0.1, 0.15) is 23.9 Å². The largest absolute Gasteiger partial charge is 0.490 e. The van der Waals surface area contributed by atoms with Crippen LogP contribution in [0.2, 0.25) is 0 Å². The summed E-state index contributed by atoms with van der Waals surface area (Å²) in [7, 11) is 0. The number of halogens is 3. The molecule has 1 aromatic carbocycles. The van der Waals surface area contributed by atoms with E-state index in [1.54, 1.807) is 6.92 Å². The SMILES string of the molecule is CCOc1cc(C#N)ccc1OCc1ncoc1C(F)(F)F. The normalized spacial score (nSPS) is 11.0. The molecule has 22 heavy (non-hydrogen) atoms. The van der Waals surface area contributed by atoms with Crippen molar-refractivity contribution in [3.05, 3.63) is 41.6 Å². The number of benzene rings is 1. The maximum absolute atomic E-state index is 12.7. The van der Waals surface area contributed by atoms with Gasteiger partial charge in [-0.3, -0.25) is 0 Å². The number of alkyl halides is 3. The van der Waals surface area contributed by atoms with Crippen molar-refractivity contribution in [3.8, 4) is 17.6 Å². The summed E-state index contributed by atoms with van der Waals surface area (Å²) in [4.78, 5) is 3.50. The van der Waals surface area contributed by atoms with Crippen molar-refractivity contribution in [2.75, 3.05) is 6.61 Å². The van der Waals surface area contributed by atoms with Crippen LogP contribution in [0, 0.1) is 11.3 Å². The third-order valence-corrected chi connectivity index (χ3v) is 2.64. The van der Waals surface area contributed by atoms with Crippen LogP contribution in [0.3, 0.4) is 0 Å². The van der Waals surface area contributed by atoms with E-state index in [9.17, 15) is 13.2 Å². The zero-order valence-electron chi connectivity index (χ0n) is 11.5. The Morgan fingerprint density at radius 1 is 1.27 bits per heavy atom. The number of ether oxygens (including phenoxy) is 2. The summed E-state index contributed by atoms with van der Waals surface area (Å²) in [5.41, 5.74) is -0.00692. The lowest BCUT2D eigenvalue weighted by molar-refractivity contribution is -0.154. The molecule has 0 amide bonds. The van der Waals surface area contributed by atoms with Crippen molar-refractivity contribution in [2.24, 2.45) is 0 Å². The first-order valence-corrected chi connectivity index (χ1v) is 6.25. The molecule has 0 fully saturated rings. The highest BCUT2D eigenvalue weighted by molar-refractivity contribution is 5.46. The fourth-order valence-corrected chi connectivity index (χ4v) is 1.71. The summed E-state index contributed by atoms with van der Waals surface area (Å²) in [6.07, 6.45) is -3.92. The lowest BCUT2D eigenvalue weighted by atomic mass is 10.2. The Morgan fingerprint density at radius 3 is 2.68 bits per heavy atom. The summed E-state index contributed by atoms with van der Waals surface area (Å²) < 4.78 is 52.9. The number of nitriles is 1. The lowest BCUT2D eigenvalue weighted by Crippen LogP contribution is -2.09. The van der Waals surface area contributed by atoms with Gasteiger partial charge in [-0.05, 0) is 19.1 Å². The third kappa shape index (κ3) is 3.49. The van der Waals surface area contributed by atoms with Crippen LogP contribution < -0.4 is 9.47 Å². The van der Waals surface area contributed by atoms with E-state index >= 15 is 0 Å². The average Bonchev–Trinajstić information content (AvgIpc) is 2.95. The minimum Gasteiger partial charge on any atom is -0.490 e. The van der Waals surface area contributed by atoms with Crippen LogP contribution >= 0.6 is 0 Å². The van der Waals surface area contributed by atoms with Gasteiger partial charge in [-0.1, -0.05) is 0 Å². The summed E-state index contributed by atoms with van der Waals surface area (Å²) in [6, 6.07) is 6.32. The van der Waals surface area contributed by atoms with Gasteiger partial charge in [0.15, 0.2) is 17.9 Å². The van der Waals surface area contributed by atoms with Crippen LogP contribution in [0.25, 0.3) is 0 Å². The molecule has 1 heterocycles. The molecule has 0 aliphatic heterocycles. The highest BCUT2D eigenvalue weighted by atomic mass is 19.4. The highest BCUT2D eigenvalue weighted by Gasteiger charge is 2.38. The van der Waals surface area contributed by atoms with E-state index < -0.39 is 18.5 Å². The van der Waals surface area contributed by atoms with Crippen molar-refractivity contribution < 1.29 is 27.1 Å². The van der Waals surface area contributed by atoms with E-state index in [1.165, 1.54) is 18.2 Å². The molecule has 0 N–H and O–H groups in total. The number of oxazole rings is 1. The van der Waals surface area contributed by atoms with Gasteiger partial charge in [0.1, 0.15) is 12.3 Å². The maximum Gasteiger partial charge on any atom is 0.451 e. The summed E-state index contributed by atoms with van der Waals surface area (Å²) in [5, 5.41) is 8.83. The molecular weight excluding hydrogens is 301 g/mol. The number of nitrogens with zero attached hydrogens (tertiary/aromatic N) is 2. The predicted molar refractivity (Wildman–Crippen MR) is 68.2 cm³/mol. The number of hydrogen-bond donors (Lipinski definition) is 0. The van der Waals surface area contributed by atoms with Crippen LogP contribution in [0.15, 0.2) is 29.0 Å². The molecule has 8 heteroatoms. The molecule has 0 aliphatic carbocycles. The second kappa shape index (κ2) is 6.39.